The molecule has 2 amide bonds. The van der Waals surface area contributed by atoms with Crippen molar-refractivity contribution in [3.63, 3.8) is 0 Å². The number of piperidine rings is 1. The maximum Gasteiger partial charge on any atom is 0.425 e. The van der Waals surface area contributed by atoms with E-state index in [9.17, 15) is 22.8 Å². The maximum atomic E-state index is 13.5. The van der Waals surface area contributed by atoms with Crippen molar-refractivity contribution in [1.29, 1.82) is 0 Å². The Morgan fingerprint density at radius 3 is 2.56 bits per heavy atom. The molecule has 1 spiro atoms. The van der Waals surface area contributed by atoms with Crippen molar-refractivity contribution in [2.75, 3.05) is 32.7 Å². The van der Waals surface area contributed by atoms with Gasteiger partial charge in [-0.3, -0.25) is 14.4 Å². The number of rotatable bonds is 4. The van der Waals surface area contributed by atoms with Crippen LogP contribution in [0.15, 0.2) is 6.07 Å². The molecule has 188 valence electrons. The molecule has 4 heterocycles. The van der Waals surface area contributed by atoms with Gasteiger partial charge in [0.05, 0.1) is 12.2 Å². The highest BCUT2D eigenvalue weighted by Gasteiger charge is 2.48. The number of fused-ring (bicyclic) bond motifs is 1. The molecule has 0 bridgehead atoms. The van der Waals surface area contributed by atoms with Crippen LogP contribution in [0, 0.1) is 5.92 Å². The summed E-state index contributed by atoms with van der Waals surface area (Å²) < 4.78 is 44.7. The monoisotopic (exact) mass is 483 g/mol. The Labute approximate surface area is 197 Å². The average molecular weight is 484 g/mol. The zero-order valence-corrected chi connectivity index (χ0v) is 19.5. The zero-order valence-electron chi connectivity index (χ0n) is 19.5. The minimum absolute atomic E-state index is 0.0881. The third-order valence-electron chi connectivity index (χ3n) is 7.84. The number of amides is 2. The van der Waals surface area contributed by atoms with Gasteiger partial charge in [-0.1, -0.05) is 0 Å². The molecule has 1 aromatic rings. The van der Waals surface area contributed by atoms with E-state index in [1.54, 1.807) is 0 Å². The van der Waals surface area contributed by atoms with Gasteiger partial charge in [-0.2, -0.15) is 18.3 Å². The summed E-state index contributed by atoms with van der Waals surface area (Å²) >= 11 is 0. The van der Waals surface area contributed by atoms with Gasteiger partial charge >= 0.3 is 12.3 Å². The fraction of sp³-hybridized carbons (Fsp3) is 0.783. The van der Waals surface area contributed by atoms with E-state index >= 15 is 0 Å². The lowest BCUT2D eigenvalue weighted by Gasteiger charge is -2.44. The topological polar surface area (TPSA) is 70.9 Å². The van der Waals surface area contributed by atoms with Crippen LogP contribution in [0.2, 0.25) is 0 Å². The van der Waals surface area contributed by atoms with E-state index < -0.39 is 18.4 Å². The average Bonchev–Trinajstić information content (AvgIpc) is 3.36. The van der Waals surface area contributed by atoms with Crippen molar-refractivity contribution in [3.05, 3.63) is 17.5 Å². The lowest BCUT2D eigenvalue weighted by atomic mass is 9.85. The Balaban J connectivity index is 1.21. The molecule has 8 nitrogen and oxygen atoms in total. The maximum absolute atomic E-state index is 13.5. The van der Waals surface area contributed by atoms with Gasteiger partial charge in [-0.05, 0) is 57.4 Å². The van der Waals surface area contributed by atoms with Gasteiger partial charge in [0.15, 0.2) is 11.8 Å². The molecule has 1 aliphatic carbocycles. The lowest BCUT2D eigenvalue weighted by molar-refractivity contribution is -0.200. The van der Waals surface area contributed by atoms with Crippen molar-refractivity contribution < 1.29 is 27.5 Å². The molecule has 11 heteroatoms. The number of halogens is 3. The van der Waals surface area contributed by atoms with Crippen molar-refractivity contribution >= 4 is 12.0 Å². The van der Waals surface area contributed by atoms with Gasteiger partial charge in [-0.25, -0.2) is 4.79 Å². The summed E-state index contributed by atoms with van der Waals surface area (Å²) in [6.45, 7) is 5.66. The first-order valence-corrected chi connectivity index (χ1v) is 12.3. The summed E-state index contributed by atoms with van der Waals surface area (Å²) in [6, 6.07) is 1.92. The highest BCUT2D eigenvalue weighted by Crippen LogP contribution is 2.40. The van der Waals surface area contributed by atoms with Crippen LogP contribution in [-0.4, -0.2) is 87.0 Å². The van der Waals surface area contributed by atoms with Crippen molar-refractivity contribution in [2.45, 2.75) is 76.4 Å². The minimum Gasteiger partial charge on any atom is -0.437 e. The van der Waals surface area contributed by atoms with Crippen LogP contribution in [0.3, 0.4) is 0 Å². The second kappa shape index (κ2) is 8.73. The van der Waals surface area contributed by atoms with Crippen molar-refractivity contribution in [2.24, 2.45) is 5.92 Å². The Hall–Kier alpha value is -2.30. The second-order valence-electron chi connectivity index (χ2n) is 10.3. The van der Waals surface area contributed by atoms with E-state index in [1.165, 1.54) is 17.7 Å². The fourth-order valence-electron chi connectivity index (χ4n) is 5.56. The van der Waals surface area contributed by atoms with Crippen molar-refractivity contribution in [1.82, 2.24) is 24.5 Å². The van der Waals surface area contributed by atoms with E-state index in [4.69, 9.17) is 0 Å². The summed E-state index contributed by atoms with van der Waals surface area (Å²) in [5, 5.41) is 4.61. The Morgan fingerprint density at radius 2 is 1.88 bits per heavy atom. The smallest absolute Gasteiger partial charge is 0.425 e. The number of nitrogens with zero attached hydrogens (tertiary/aromatic N) is 5. The van der Waals surface area contributed by atoms with E-state index in [1.807, 2.05) is 15.6 Å². The molecule has 0 aromatic carbocycles. The minimum atomic E-state index is -4.58. The molecule has 1 atom stereocenters. The van der Waals surface area contributed by atoms with Crippen LogP contribution in [0.4, 0.5) is 18.0 Å². The number of aromatic nitrogens is 2. The number of carbonyl (C=O) groups is 2. The molecule has 1 saturated carbocycles. The van der Waals surface area contributed by atoms with Gasteiger partial charge in [0.2, 0.25) is 0 Å². The van der Waals surface area contributed by atoms with E-state index in [0.29, 0.717) is 25.1 Å². The highest BCUT2D eigenvalue weighted by atomic mass is 19.4. The molecule has 3 fully saturated rings. The number of hydrogen-bond donors (Lipinski definition) is 0. The fourth-order valence-corrected chi connectivity index (χ4v) is 5.56. The molecular weight excluding hydrogens is 451 g/mol. The number of likely N-dealkylation sites (tertiary alicyclic amines) is 2. The van der Waals surface area contributed by atoms with Gasteiger partial charge in [0, 0.05) is 44.8 Å². The summed E-state index contributed by atoms with van der Waals surface area (Å²) in [7, 11) is 0. The molecule has 1 unspecified atom stereocenters. The molecule has 3 aliphatic heterocycles. The number of ether oxygens (including phenoxy) is 1. The molecule has 1 aromatic heterocycles. The normalized spacial score (nSPS) is 23.8. The zero-order chi connectivity index (χ0) is 24.1. The summed E-state index contributed by atoms with van der Waals surface area (Å²) in [4.78, 5) is 31.3. The van der Waals surface area contributed by atoms with Gasteiger partial charge in [-0.15, -0.1) is 0 Å². The van der Waals surface area contributed by atoms with Gasteiger partial charge in [0.25, 0.3) is 5.91 Å². The predicted octanol–water partition coefficient (Wildman–Crippen LogP) is 3.27. The highest BCUT2D eigenvalue weighted by molar-refractivity contribution is 5.93. The lowest BCUT2D eigenvalue weighted by Crippen LogP contribution is -2.55. The molecule has 0 radical (unpaired) electrons. The largest absolute Gasteiger partial charge is 0.437 e. The Bertz CT molecular complexity index is 937. The van der Waals surface area contributed by atoms with E-state index in [2.05, 4.69) is 14.7 Å². The van der Waals surface area contributed by atoms with Crippen LogP contribution in [0.25, 0.3) is 0 Å². The first-order chi connectivity index (χ1) is 16.1. The molecule has 34 heavy (non-hydrogen) atoms. The van der Waals surface area contributed by atoms with Crippen LogP contribution >= 0.6 is 0 Å². The first-order valence-electron chi connectivity index (χ1n) is 12.3. The van der Waals surface area contributed by atoms with Gasteiger partial charge < -0.3 is 14.5 Å². The van der Waals surface area contributed by atoms with Crippen LogP contribution in [0.1, 0.15) is 61.6 Å². The quantitative estimate of drug-likeness (QED) is 0.658. The van der Waals surface area contributed by atoms with Crippen LogP contribution in [0.5, 0.6) is 0 Å². The number of carbonyl (C=O) groups excluding carboxylic acids is 2. The summed E-state index contributed by atoms with van der Waals surface area (Å²) in [6.07, 6.45) is -2.32. The third-order valence-corrected chi connectivity index (χ3v) is 7.84. The number of hydrogen-bond acceptors (Lipinski definition) is 5. The molecule has 2 saturated heterocycles. The molecule has 0 N–H and O–H groups in total. The Kier molecular flexibility index (Phi) is 6.02. The summed E-state index contributed by atoms with van der Waals surface area (Å²) in [5.74, 6) is 0.731. The molecular formula is C23H32F3N5O3. The third kappa shape index (κ3) is 4.63. The predicted molar refractivity (Wildman–Crippen MR) is 116 cm³/mol. The summed E-state index contributed by atoms with van der Waals surface area (Å²) in [5.41, 5.74) is 1.15. The Morgan fingerprint density at radius 1 is 1.15 bits per heavy atom. The van der Waals surface area contributed by atoms with E-state index in [-0.39, 0.29) is 24.5 Å². The van der Waals surface area contributed by atoms with Crippen LogP contribution < -0.4 is 0 Å². The van der Waals surface area contributed by atoms with Crippen molar-refractivity contribution in [3.8, 4) is 0 Å². The first kappa shape index (κ1) is 23.4. The van der Waals surface area contributed by atoms with E-state index in [0.717, 1.165) is 57.6 Å². The van der Waals surface area contributed by atoms with Gasteiger partial charge in [0.1, 0.15) is 0 Å². The standard InChI is InChI=1S/C23H32F3N5O3/c1-16(23(24,25)26)34-21(33)29-9-6-22(7-10-29)5-2-8-30(22)20(32)19-13-18-15-28(14-17-3-4-17)11-12-31(18)27-19/h13,16-17H,2-12,14-15H2,1H3. The van der Waals surface area contributed by atoms with Crippen LogP contribution in [-0.2, 0) is 17.8 Å². The molecule has 5 rings (SSSR count). The second-order valence-corrected chi connectivity index (χ2v) is 10.3. The SMILES string of the molecule is CC(OC(=O)N1CCC2(CCCN2C(=O)c2cc3n(n2)CCN(CC2CC2)C3)CC1)C(F)(F)F. The number of alkyl halides is 3. The molecule has 4 aliphatic rings.